The van der Waals surface area contributed by atoms with Crippen LogP contribution < -0.4 is 14.9 Å². The number of hydrogen-bond donors (Lipinski definition) is 2. The summed E-state index contributed by atoms with van der Waals surface area (Å²) >= 11 is 0. The van der Waals surface area contributed by atoms with Crippen LogP contribution in [-0.4, -0.2) is 20.4 Å². The summed E-state index contributed by atoms with van der Waals surface area (Å²) < 4.78 is 28.7. The van der Waals surface area contributed by atoms with Crippen molar-refractivity contribution in [1.29, 1.82) is 0 Å². The van der Waals surface area contributed by atoms with Gasteiger partial charge in [0.05, 0.1) is 16.6 Å². The molecule has 0 aliphatic carbocycles. The van der Waals surface area contributed by atoms with Gasteiger partial charge in [0.1, 0.15) is 0 Å². The lowest BCUT2D eigenvalue weighted by molar-refractivity contribution is -0.114. The molecule has 2 atom stereocenters. The Morgan fingerprint density at radius 1 is 0.903 bits per heavy atom. The minimum absolute atomic E-state index is 0.00203. The number of para-hydroxylation sites is 2. The highest BCUT2D eigenvalue weighted by atomic mass is 32.2. The highest BCUT2D eigenvalue weighted by Crippen LogP contribution is 2.41. The van der Waals surface area contributed by atoms with E-state index in [0.29, 0.717) is 17.8 Å². The van der Waals surface area contributed by atoms with Crippen LogP contribution in [0.1, 0.15) is 31.9 Å². The van der Waals surface area contributed by atoms with Gasteiger partial charge in [-0.1, -0.05) is 36.4 Å². The minimum atomic E-state index is -3.77. The van der Waals surface area contributed by atoms with Crippen molar-refractivity contribution in [3.05, 3.63) is 84.4 Å². The van der Waals surface area contributed by atoms with Gasteiger partial charge in [-0.25, -0.2) is 8.42 Å². The summed E-state index contributed by atoms with van der Waals surface area (Å²) in [5.41, 5.74) is 3.19. The zero-order valence-electron chi connectivity index (χ0n) is 17.4. The summed E-state index contributed by atoms with van der Waals surface area (Å²) in [6, 6.07) is 23.6. The molecule has 1 heterocycles. The van der Waals surface area contributed by atoms with Crippen LogP contribution in [0.25, 0.3) is 0 Å². The fourth-order valence-corrected chi connectivity index (χ4v) is 5.74. The number of hydrogen-bond acceptors (Lipinski definition) is 4. The fraction of sp³-hybridized carbons (Fsp3) is 0.208. The Morgan fingerprint density at radius 2 is 1.55 bits per heavy atom. The topological polar surface area (TPSA) is 78.5 Å². The Bertz CT molecular complexity index is 1180. The van der Waals surface area contributed by atoms with Crippen LogP contribution in [0.15, 0.2) is 83.8 Å². The number of nitrogens with zero attached hydrogens (tertiary/aromatic N) is 1. The second kappa shape index (κ2) is 8.43. The largest absolute Gasteiger partial charge is 0.378 e. The molecule has 0 saturated heterocycles. The first kappa shape index (κ1) is 20.9. The highest BCUT2D eigenvalue weighted by molar-refractivity contribution is 7.92. The third-order valence-corrected chi connectivity index (χ3v) is 7.32. The standard InChI is InChI=1S/C24H25N3O3S/c1-17-16-23(26-19-8-4-3-5-9-19)22-10-6-7-11-24(22)27(17)31(29,30)21-14-12-20(13-15-21)25-18(2)28/h3-15,17,23,26H,16H2,1-2H3,(H,25,28)/t17-,23+/m1/s1. The molecule has 160 valence electrons. The van der Waals surface area contributed by atoms with Gasteiger partial charge in [0.2, 0.25) is 5.91 Å². The smallest absolute Gasteiger partial charge is 0.264 e. The Labute approximate surface area is 183 Å². The van der Waals surface area contributed by atoms with E-state index >= 15 is 0 Å². The van der Waals surface area contributed by atoms with E-state index < -0.39 is 10.0 Å². The van der Waals surface area contributed by atoms with Crippen molar-refractivity contribution in [3.8, 4) is 0 Å². The summed E-state index contributed by atoms with van der Waals surface area (Å²) in [5, 5.41) is 6.20. The van der Waals surface area contributed by atoms with E-state index in [0.717, 1.165) is 11.3 Å². The van der Waals surface area contributed by atoms with Crippen molar-refractivity contribution >= 4 is 33.0 Å². The summed E-state index contributed by atoms with van der Waals surface area (Å²) in [7, 11) is -3.77. The van der Waals surface area contributed by atoms with Crippen molar-refractivity contribution in [1.82, 2.24) is 0 Å². The van der Waals surface area contributed by atoms with Gasteiger partial charge in [0.25, 0.3) is 10.0 Å². The molecule has 4 rings (SSSR count). The molecular formula is C24H25N3O3S. The second-order valence-electron chi connectivity index (χ2n) is 7.71. The third kappa shape index (κ3) is 4.27. The van der Waals surface area contributed by atoms with Gasteiger partial charge in [-0.05, 0) is 61.4 Å². The molecule has 2 N–H and O–H groups in total. The fourth-order valence-electron chi connectivity index (χ4n) is 4.05. The maximum atomic E-state index is 13.6. The van der Waals surface area contributed by atoms with Crippen molar-refractivity contribution in [2.45, 2.75) is 37.2 Å². The first-order valence-electron chi connectivity index (χ1n) is 10.2. The van der Waals surface area contributed by atoms with Crippen LogP contribution in [-0.2, 0) is 14.8 Å². The van der Waals surface area contributed by atoms with Crippen molar-refractivity contribution < 1.29 is 13.2 Å². The van der Waals surface area contributed by atoms with Crippen LogP contribution in [0.5, 0.6) is 0 Å². The molecule has 3 aromatic rings. The zero-order valence-corrected chi connectivity index (χ0v) is 18.3. The van der Waals surface area contributed by atoms with Gasteiger partial charge >= 0.3 is 0 Å². The highest BCUT2D eigenvalue weighted by Gasteiger charge is 2.37. The van der Waals surface area contributed by atoms with E-state index in [4.69, 9.17) is 0 Å². The minimum Gasteiger partial charge on any atom is -0.378 e. The van der Waals surface area contributed by atoms with Crippen LogP contribution in [0.2, 0.25) is 0 Å². The van der Waals surface area contributed by atoms with Gasteiger partial charge in [-0.15, -0.1) is 0 Å². The quantitative estimate of drug-likeness (QED) is 0.604. The van der Waals surface area contributed by atoms with Crippen molar-refractivity contribution in [3.63, 3.8) is 0 Å². The molecular weight excluding hydrogens is 410 g/mol. The lowest BCUT2D eigenvalue weighted by atomic mass is 9.93. The summed E-state index contributed by atoms with van der Waals surface area (Å²) in [5.74, 6) is -0.203. The first-order chi connectivity index (χ1) is 14.9. The van der Waals surface area contributed by atoms with E-state index in [2.05, 4.69) is 10.6 Å². The number of rotatable bonds is 5. The Morgan fingerprint density at radius 3 is 2.23 bits per heavy atom. The molecule has 0 saturated carbocycles. The number of anilines is 3. The Balaban J connectivity index is 1.69. The first-order valence-corrected chi connectivity index (χ1v) is 11.6. The Hall–Kier alpha value is -3.32. The third-order valence-electron chi connectivity index (χ3n) is 5.37. The van der Waals surface area contributed by atoms with Crippen molar-refractivity contribution in [2.24, 2.45) is 0 Å². The lowest BCUT2D eigenvalue weighted by Gasteiger charge is -2.40. The molecule has 0 unspecified atom stereocenters. The van der Waals surface area contributed by atoms with Gasteiger partial charge in [0.15, 0.2) is 0 Å². The van der Waals surface area contributed by atoms with Crippen LogP contribution in [0.4, 0.5) is 17.1 Å². The van der Waals surface area contributed by atoms with Crippen LogP contribution >= 0.6 is 0 Å². The summed E-state index contributed by atoms with van der Waals surface area (Å²) in [4.78, 5) is 11.4. The van der Waals surface area contributed by atoms with Gasteiger partial charge in [-0.2, -0.15) is 0 Å². The molecule has 1 amide bonds. The average Bonchev–Trinajstić information content (AvgIpc) is 2.74. The molecule has 0 aromatic heterocycles. The number of carbonyl (C=O) groups is 1. The SMILES string of the molecule is CC(=O)Nc1ccc(S(=O)(=O)N2c3ccccc3[C@@H](Nc3ccccc3)C[C@H]2C)cc1. The van der Waals surface area contributed by atoms with Crippen LogP contribution in [0.3, 0.4) is 0 Å². The molecule has 3 aromatic carbocycles. The molecule has 6 nitrogen and oxygen atoms in total. The number of carbonyl (C=O) groups excluding carboxylic acids is 1. The van der Waals surface area contributed by atoms with Gasteiger partial charge in [0, 0.05) is 24.3 Å². The lowest BCUT2D eigenvalue weighted by Crippen LogP contribution is -2.44. The average molecular weight is 436 g/mol. The van der Waals surface area contributed by atoms with Gasteiger partial charge in [-0.3, -0.25) is 9.10 Å². The van der Waals surface area contributed by atoms with E-state index in [-0.39, 0.29) is 22.9 Å². The Kier molecular flexibility index (Phi) is 5.69. The maximum Gasteiger partial charge on any atom is 0.264 e. The number of sulfonamides is 1. The second-order valence-corrected chi connectivity index (χ2v) is 9.53. The number of fused-ring (bicyclic) bond motifs is 1. The predicted octanol–water partition coefficient (Wildman–Crippen LogP) is 4.79. The van der Waals surface area contributed by atoms with Crippen molar-refractivity contribution in [2.75, 3.05) is 14.9 Å². The maximum absolute atomic E-state index is 13.6. The molecule has 0 fully saturated rings. The molecule has 1 aliphatic rings. The van der Waals surface area contributed by atoms with E-state index in [1.165, 1.54) is 23.4 Å². The molecule has 0 bridgehead atoms. The number of amides is 1. The summed E-state index contributed by atoms with van der Waals surface area (Å²) in [6.45, 7) is 3.34. The van der Waals surface area contributed by atoms with Gasteiger partial charge < -0.3 is 10.6 Å². The monoisotopic (exact) mass is 435 g/mol. The molecule has 31 heavy (non-hydrogen) atoms. The molecule has 0 radical (unpaired) electrons. The van der Waals surface area contributed by atoms with E-state index in [9.17, 15) is 13.2 Å². The molecule has 7 heteroatoms. The van der Waals surface area contributed by atoms with E-state index in [1.807, 2.05) is 61.5 Å². The zero-order chi connectivity index (χ0) is 22.0. The summed E-state index contributed by atoms with van der Waals surface area (Å²) in [6.07, 6.45) is 0.634. The number of nitrogens with one attached hydrogen (secondary N) is 2. The number of benzene rings is 3. The molecule has 0 spiro atoms. The normalized spacial score (nSPS) is 18.2. The van der Waals surface area contributed by atoms with Crippen LogP contribution in [0, 0.1) is 0 Å². The van der Waals surface area contributed by atoms with E-state index in [1.54, 1.807) is 12.1 Å². The predicted molar refractivity (Wildman–Crippen MR) is 124 cm³/mol. The molecule has 1 aliphatic heterocycles.